The molecule has 0 saturated heterocycles. The Morgan fingerprint density at radius 3 is 2.60 bits per heavy atom. The lowest BCUT2D eigenvalue weighted by atomic mass is 10.3. The highest BCUT2D eigenvalue weighted by molar-refractivity contribution is 5.67. The Morgan fingerprint density at radius 1 is 1.55 bits per heavy atom. The van der Waals surface area contributed by atoms with E-state index in [1.165, 1.54) is 0 Å². The smallest absolute Gasteiger partial charge is 0.333 e. The van der Waals surface area contributed by atoms with Crippen molar-refractivity contribution in [1.29, 1.82) is 0 Å². The summed E-state index contributed by atoms with van der Waals surface area (Å²) >= 11 is 0. The van der Waals surface area contributed by atoms with Gasteiger partial charge in [-0.1, -0.05) is 0 Å². The van der Waals surface area contributed by atoms with Gasteiger partial charge in [0, 0.05) is 26.1 Å². The van der Waals surface area contributed by atoms with Crippen LogP contribution in [0.2, 0.25) is 0 Å². The van der Waals surface area contributed by atoms with Crippen LogP contribution in [-0.2, 0) is 4.79 Å². The van der Waals surface area contributed by atoms with Gasteiger partial charge in [0.1, 0.15) is 5.69 Å². The lowest BCUT2D eigenvalue weighted by molar-refractivity contribution is -0.384. The molecule has 1 heterocycles. The number of carbonyl (C=O) groups is 1. The van der Waals surface area contributed by atoms with E-state index < -0.39 is 10.9 Å². The number of nitro groups is 1. The fourth-order valence-electron chi connectivity index (χ4n) is 2.03. The Bertz CT molecular complexity index is 510. The summed E-state index contributed by atoms with van der Waals surface area (Å²) in [5.41, 5.74) is 0.348. The van der Waals surface area contributed by atoms with E-state index in [1.807, 2.05) is 13.8 Å². The van der Waals surface area contributed by atoms with Crippen molar-refractivity contribution in [1.82, 2.24) is 9.78 Å². The molecular weight excluding hydrogens is 264 g/mol. The molecule has 0 aliphatic heterocycles. The van der Waals surface area contributed by atoms with Crippen LogP contribution in [0.3, 0.4) is 0 Å². The van der Waals surface area contributed by atoms with Gasteiger partial charge in [0.25, 0.3) is 0 Å². The summed E-state index contributed by atoms with van der Waals surface area (Å²) in [5, 5.41) is 24.1. The highest BCUT2D eigenvalue weighted by Gasteiger charge is 2.28. The molecule has 0 fully saturated rings. The van der Waals surface area contributed by atoms with Crippen molar-refractivity contribution in [3.63, 3.8) is 0 Å². The molecule has 0 spiro atoms. The van der Waals surface area contributed by atoms with E-state index in [1.54, 1.807) is 23.6 Å². The van der Waals surface area contributed by atoms with Gasteiger partial charge in [-0.25, -0.2) is 4.68 Å². The normalized spacial score (nSPS) is 10.8. The maximum atomic E-state index is 11.2. The van der Waals surface area contributed by atoms with Gasteiger partial charge in [0.05, 0.1) is 4.92 Å². The zero-order valence-electron chi connectivity index (χ0n) is 12.2. The minimum absolute atomic E-state index is 0.0145. The molecule has 1 rings (SSSR count). The van der Waals surface area contributed by atoms with E-state index in [4.69, 9.17) is 5.11 Å². The van der Waals surface area contributed by atoms with Crippen LogP contribution in [0.4, 0.5) is 11.5 Å². The molecular formula is C12H20N4O4. The minimum Gasteiger partial charge on any atom is -0.481 e. The second-order valence-electron chi connectivity index (χ2n) is 4.97. The summed E-state index contributed by atoms with van der Waals surface area (Å²) in [6.45, 7) is 5.81. The molecule has 0 bridgehead atoms. The third-order valence-corrected chi connectivity index (χ3v) is 2.95. The summed E-state index contributed by atoms with van der Waals surface area (Å²) in [6, 6.07) is -0.0145. The van der Waals surface area contributed by atoms with E-state index in [-0.39, 0.29) is 18.2 Å². The van der Waals surface area contributed by atoms with Crippen molar-refractivity contribution in [3.05, 3.63) is 15.8 Å². The van der Waals surface area contributed by atoms with Gasteiger partial charge in [-0.05, 0) is 27.2 Å². The van der Waals surface area contributed by atoms with Crippen LogP contribution in [0.5, 0.6) is 0 Å². The second-order valence-corrected chi connectivity index (χ2v) is 4.97. The molecule has 0 unspecified atom stereocenters. The van der Waals surface area contributed by atoms with Crippen LogP contribution >= 0.6 is 0 Å². The zero-order valence-corrected chi connectivity index (χ0v) is 12.2. The first-order valence-electron chi connectivity index (χ1n) is 6.42. The number of aliphatic carboxylic acids is 1. The first kappa shape index (κ1) is 15.9. The van der Waals surface area contributed by atoms with Crippen LogP contribution in [0.15, 0.2) is 0 Å². The Kier molecular flexibility index (Phi) is 5.06. The molecule has 8 heteroatoms. The average Bonchev–Trinajstić information content (AvgIpc) is 2.66. The van der Waals surface area contributed by atoms with Gasteiger partial charge in [0.2, 0.25) is 5.82 Å². The standard InChI is InChI=1S/C12H20N4O4/c1-8(2)15-12(11(16(19)20)9(3)13-15)14(4)7-5-6-10(17)18/h8H,5-7H2,1-4H3,(H,17,18). The lowest BCUT2D eigenvalue weighted by Crippen LogP contribution is -2.24. The minimum atomic E-state index is -0.874. The van der Waals surface area contributed by atoms with E-state index in [2.05, 4.69) is 5.10 Å². The summed E-state index contributed by atoms with van der Waals surface area (Å²) in [4.78, 5) is 23.0. The number of carboxylic acid groups (broad SMARTS) is 1. The molecule has 0 aliphatic rings. The van der Waals surface area contributed by atoms with Gasteiger partial charge >= 0.3 is 11.7 Å². The third kappa shape index (κ3) is 3.46. The fraction of sp³-hybridized carbons (Fsp3) is 0.667. The summed E-state index contributed by atoms with van der Waals surface area (Å²) in [7, 11) is 1.71. The average molecular weight is 284 g/mol. The Hall–Kier alpha value is -2.12. The number of aromatic nitrogens is 2. The number of hydrogen-bond donors (Lipinski definition) is 1. The van der Waals surface area contributed by atoms with Gasteiger partial charge in [-0.15, -0.1) is 0 Å². The topological polar surface area (TPSA) is 102 Å². The van der Waals surface area contributed by atoms with E-state index >= 15 is 0 Å². The Labute approximate surface area is 117 Å². The van der Waals surface area contributed by atoms with Gasteiger partial charge in [0.15, 0.2) is 0 Å². The summed E-state index contributed by atoms with van der Waals surface area (Å²) in [6.07, 6.45) is 0.457. The molecule has 112 valence electrons. The first-order valence-corrected chi connectivity index (χ1v) is 6.42. The molecule has 0 atom stereocenters. The SMILES string of the molecule is Cc1nn(C(C)C)c(N(C)CCCC(=O)O)c1[N+](=O)[O-]. The fourth-order valence-corrected chi connectivity index (χ4v) is 2.03. The monoisotopic (exact) mass is 284 g/mol. The molecule has 8 nitrogen and oxygen atoms in total. The highest BCUT2D eigenvalue weighted by atomic mass is 16.6. The van der Waals surface area contributed by atoms with Crippen molar-refractivity contribution < 1.29 is 14.8 Å². The largest absolute Gasteiger partial charge is 0.481 e. The van der Waals surface area contributed by atoms with Gasteiger partial charge in [-0.2, -0.15) is 5.10 Å². The number of carboxylic acids is 1. The number of aryl methyl sites for hydroxylation is 1. The molecule has 1 aromatic heterocycles. The predicted octanol–water partition coefficient (Wildman–Crippen LogP) is 1.98. The molecule has 0 amide bonds. The van der Waals surface area contributed by atoms with Crippen LogP contribution in [0.1, 0.15) is 38.4 Å². The van der Waals surface area contributed by atoms with Crippen molar-refractivity contribution in [3.8, 4) is 0 Å². The Morgan fingerprint density at radius 2 is 2.15 bits per heavy atom. The quantitative estimate of drug-likeness (QED) is 0.606. The summed E-state index contributed by atoms with van der Waals surface area (Å²) in [5.74, 6) is -0.450. The molecule has 20 heavy (non-hydrogen) atoms. The van der Waals surface area contributed by atoms with Crippen LogP contribution in [0.25, 0.3) is 0 Å². The van der Waals surface area contributed by atoms with Gasteiger partial charge in [-0.3, -0.25) is 14.9 Å². The third-order valence-electron chi connectivity index (χ3n) is 2.95. The van der Waals surface area contributed by atoms with E-state index in [0.29, 0.717) is 24.5 Å². The van der Waals surface area contributed by atoms with Crippen molar-refractivity contribution in [2.24, 2.45) is 0 Å². The van der Waals surface area contributed by atoms with Crippen molar-refractivity contribution in [2.75, 3.05) is 18.5 Å². The molecule has 0 saturated carbocycles. The van der Waals surface area contributed by atoms with Crippen molar-refractivity contribution >= 4 is 17.5 Å². The number of hydrogen-bond acceptors (Lipinski definition) is 5. The van der Waals surface area contributed by atoms with Crippen LogP contribution in [-0.4, -0.2) is 39.4 Å². The zero-order chi connectivity index (χ0) is 15.4. The van der Waals surface area contributed by atoms with E-state index in [9.17, 15) is 14.9 Å². The molecule has 0 aliphatic carbocycles. The van der Waals surface area contributed by atoms with E-state index in [0.717, 1.165) is 0 Å². The van der Waals surface area contributed by atoms with Crippen LogP contribution in [0, 0.1) is 17.0 Å². The predicted molar refractivity (Wildman–Crippen MR) is 74.1 cm³/mol. The second kappa shape index (κ2) is 6.36. The Balaban J connectivity index is 3.06. The molecule has 0 aromatic carbocycles. The molecule has 0 radical (unpaired) electrons. The first-order chi connectivity index (χ1) is 9.25. The van der Waals surface area contributed by atoms with Gasteiger partial charge < -0.3 is 10.0 Å². The number of anilines is 1. The van der Waals surface area contributed by atoms with Crippen LogP contribution < -0.4 is 4.90 Å². The maximum Gasteiger partial charge on any atom is 0.333 e. The van der Waals surface area contributed by atoms with Crippen molar-refractivity contribution in [2.45, 2.75) is 39.7 Å². The highest BCUT2D eigenvalue weighted by Crippen LogP contribution is 2.33. The molecule has 1 N–H and O–H groups in total. The lowest BCUT2D eigenvalue weighted by Gasteiger charge is -2.20. The number of rotatable bonds is 7. The number of nitrogens with zero attached hydrogens (tertiary/aromatic N) is 4. The summed E-state index contributed by atoms with van der Waals surface area (Å²) < 4.78 is 1.61. The maximum absolute atomic E-state index is 11.2. The molecule has 1 aromatic rings.